The number of ether oxygens (including phenoxy) is 1. The Morgan fingerprint density at radius 2 is 2.11 bits per heavy atom. The van der Waals surface area contributed by atoms with E-state index >= 15 is 0 Å². The van der Waals surface area contributed by atoms with Gasteiger partial charge in [0.2, 0.25) is 0 Å². The molecule has 2 aliphatic rings. The molecule has 0 aromatic heterocycles. The average Bonchev–Trinajstić information content (AvgIpc) is 2.38. The van der Waals surface area contributed by atoms with E-state index in [2.05, 4.69) is 33.8 Å². The maximum absolute atomic E-state index is 9.91. The number of hydrogen-bond donors (Lipinski definition) is 1. The maximum atomic E-state index is 9.91. The van der Waals surface area contributed by atoms with Crippen molar-refractivity contribution in [2.45, 2.75) is 59.5 Å². The second kappa shape index (κ2) is 5.97. The van der Waals surface area contributed by atoms with Gasteiger partial charge in [0.15, 0.2) is 0 Å². The van der Waals surface area contributed by atoms with Crippen LogP contribution in [0.25, 0.3) is 0 Å². The van der Waals surface area contributed by atoms with Gasteiger partial charge >= 0.3 is 0 Å². The van der Waals surface area contributed by atoms with Gasteiger partial charge in [-0.15, -0.1) is 0 Å². The lowest BCUT2D eigenvalue weighted by Crippen LogP contribution is -2.56. The summed E-state index contributed by atoms with van der Waals surface area (Å²) in [7, 11) is 0. The molecule has 0 saturated carbocycles. The lowest BCUT2D eigenvalue weighted by atomic mass is 9.56. The van der Waals surface area contributed by atoms with Gasteiger partial charge in [0.1, 0.15) is 0 Å². The van der Waals surface area contributed by atoms with Gasteiger partial charge in [0.05, 0.1) is 19.3 Å². The Balaban J connectivity index is 2.17. The van der Waals surface area contributed by atoms with Crippen molar-refractivity contribution >= 4 is 0 Å². The minimum absolute atomic E-state index is 0.0502. The van der Waals surface area contributed by atoms with Gasteiger partial charge in [-0.1, -0.05) is 51.7 Å². The topological polar surface area (TPSA) is 29.5 Å². The highest BCUT2D eigenvalue weighted by molar-refractivity contribution is 5.20. The fraction of sp³-hybridized carbons (Fsp3) is 0.882. The summed E-state index contributed by atoms with van der Waals surface area (Å²) in [5.74, 6) is 1.45. The molecule has 110 valence electrons. The molecule has 1 fully saturated rings. The number of allylic oxidation sites excluding steroid dienone is 1. The van der Waals surface area contributed by atoms with Crippen molar-refractivity contribution in [3.8, 4) is 0 Å². The van der Waals surface area contributed by atoms with Crippen LogP contribution in [-0.4, -0.2) is 24.4 Å². The van der Waals surface area contributed by atoms with Crippen molar-refractivity contribution in [1.29, 1.82) is 0 Å². The molecule has 1 N–H and O–H groups in total. The highest BCUT2D eigenvalue weighted by atomic mass is 16.5. The van der Waals surface area contributed by atoms with Crippen LogP contribution < -0.4 is 0 Å². The molecule has 0 unspecified atom stereocenters. The van der Waals surface area contributed by atoms with Gasteiger partial charge in [0.25, 0.3) is 0 Å². The lowest BCUT2D eigenvalue weighted by molar-refractivity contribution is -0.164. The van der Waals surface area contributed by atoms with Gasteiger partial charge in [-0.3, -0.25) is 0 Å². The van der Waals surface area contributed by atoms with Crippen LogP contribution in [0.15, 0.2) is 11.6 Å². The van der Waals surface area contributed by atoms with Crippen molar-refractivity contribution in [2.75, 3.05) is 13.2 Å². The molecule has 5 atom stereocenters. The molecule has 0 radical (unpaired) electrons. The summed E-state index contributed by atoms with van der Waals surface area (Å²) in [5.41, 5.74) is 1.43. The van der Waals surface area contributed by atoms with Crippen LogP contribution in [0.2, 0.25) is 0 Å². The molecule has 19 heavy (non-hydrogen) atoms. The van der Waals surface area contributed by atoms with E-state index in [1.165, 1.54) is 31.3 Å². The normalized spacial score (nSPS) is 42.1. The maximum Gasteiger partial charge on any atom is 0.0643 e. The second-order valence-corrected chi connectivity index (χ2v) is 6.75. The van der Waals surface area contributed by atoms with E-state index < -0.39 is 0 Å². The molecular weight excluding hydrogens is 236 g/mol. The van der Waals surface area contributed by atoms with Gasteiger partial charge in [0, 0.05) is 11.3 Å². The third-order valence-electron chi connectivity index (χ3n) is 5.74. The lowest BCUT2D eigenvalue weighted by Gasteiger charge is -2.55. The Hall–Kier alpha value is -0.340. The summed E-state index contributed by atoms with van der Waals surface area (Å²) in [6.45, 7) is 10.0. The zero-order valence-electron chi connectivity index (χ0n) is 13.0. The van der Waals surface area contributed by atoms with Crippen LogP contribution in [0.1, 0.15) is 53.4 Å². The predicted molar refractivity (Wildman–Crippen MR) is 79.0 cm³/mol. The van der Waals surface area contributed by atoms with Crippen molar-refractivity contribution in [3.05, 3.63) is 11.6 Å². The van der Waals surface area contributed by atoms with Gasteiger partial charge in [-0.25, -0.2) is 0 Å². The van der Waals surface area contributed by atoms with E-state index in [-0.39, 0.29) is 12.0 Å². The highest BCUT2D eigenvalue weighted by Gasteiger charge is 2.52. The second-order valence-electron chi connectivity index (χ2n) is 6.75. The first-order valence-corrected chi connectivity index (χ1v) is 7.97. The van der Waals surface area contributed by atoms with Crippen molar-refractivity contribution in [2.24, 2.45) is 23.2 Å². The van der Waals surface area contributed by atoms with E-state index in [1.54, 1.807) is 0 Å². The predicted octanol–water partition coefficient (Wildman–Crippen LogP) is 3.79. The zero-order valence-corrected chi connectivity index (χ0v) is 13.0. The first-order chi connectivity index (χ1) is 9.06. The largest absolute Gasteiger partial charge is 0.396 e. The molecule has 1 saturated heterocycles. The fourth-order valence-corrected chi connectivity index (χ4v) is 4.27. The van der Waals surface area contributed by atoms with E-state index in [1.807, 2.05) is 0 Å². The van der Waals surface area contributed by atoms with Crippen LogP contribution >= 0.6 is 0 Å². The monoisotopic (exact) mass is 266 g/mol. The minimum atomic E-state index is -0.0502. The Bertz CT molecular complexity index is 336. The number of fused-ring (bicyclic) bond motifs is 2. The summed E-state index contributed by atoms with van der Waals surface area (Å²) in [5, 5.41) is 9.91. The van der Waals surface area contributed by atoms with Crippen LogP contribution in [0.4, 0.5) is 0 Å². The van der Waals surface area contributed by atoms with E-state index in [9.17, 15) is 5.11 Å². The Kier molecular flexibility index (Phi) is 4.73. The van der Waals surface area contributed by atoms with Crippen molar-refractivity contribution in [3.63, 3.8) is 0 Å². The van der Waals surface area contributed by atoms with Crippen molar-refractivity contribution < 1.29 is 9.84 Å². The SMILES string of the molecule is CCCCC[C@@H]1OC[C@@]2(CO)[C@H](C)[C@@H]1C(C)=C[C@@H]2C. The minimum Gasteiger partial charge on any atom is -0.396 e. The number of aliphatic hydroxyl groups excluding tert-OH is 1. The highest BCUT2D eigenvalue weighted by Crippen LogP contribution is 2.52. The van der Waals surface area contributed by atoms with E-state index in [0.29, 0.717) is 23.9 Å². The molecule has 0 aromatic rings. The number of hydrogen-bond acceptors (Lipinski definition) is 2. The van der Waals surface area contributed by atoms with Crippen LogP contribution in [0.5, 0.6) is 0 Å². The average molecular weight is 266 g/mol. The van der Waals surface area contributed by atoms with Gasteiger partial charge in [-0.05, 0) is 25.2 Å². The summed E-state index contributed by atoms with van der Waals surface area (Å²) in [4.78, 5) is 0. The number of rotatable bonds is 5. The summed E-state index contributed by atoms with van der Waals surface area (Å²) >= 11 is 0. The Labute approximate surface area is 118 Å². The van der Waals surface area contributed by atoms with E-state index in [0.717, 1.165) is 6.61 Å². The molecule has 0 amide bonds. The molecule has 1 aliphatic heterocycles. The fourth-order valence-electron chi connectivity index (χ4n) is 4.27. The molecule has 2 bridgehead atoms. The first kappa shape index (κ1) is 15.1. The van der Waals surface area contributed by atoms with E-state index in [4.69, 9.17) is 4.74 Å². The zero-order chi connectivity index (χ0) is 14.0. The molecule has 0 aromatic carbocycles. The molecule has 2 nitrogen and oxygen atoms in total. The number of aliphatic hydroxyl groups is 1. The molecule has 1 heterocycles. The van der Waals surface area contributed by atoms with Crippen LogP contribution in [-0.2, 0) is 4.74 Å². The Morgan fingerprint density at radius 3 is 2.74 bits per heavy atom. The molecule has 1 aliphatic carbocycles. The third kappa shape index (κ3) is 2.50. The Morgan fingerprint density at radius 1 is 1.37 bits per heavy atom. The van der Waals surface area contributed by atoms with Crippen LogP contribution in [0, 0.1) is 23.2 Å². The molecule has 2 rings (SSSR count). The third-order valence-corrected chi connectivity index (χ3v) is 5.74. The summed E-state index contributed by atoms with van der Waals surface area (Å²) in [6.07, 6.45) is 7.74. The van der Waals surface area contributed by atoms with Crippen molar-refractivity contribution in [1.82, 2.24) is 0 Å². The first-order valence-electron chi connectivity index (χ1n) is 7.97. The summed E-state index contributed by atoms with van der Waals surface area (Å²) < 4.78 is 6.20. The standard InChI is InChI=1S/C17H30O2/c1-5-6-7-8-15-16-12(2)9-13(3)17(10-18,11-19-15)14(16)4/h9,13-16,18H,5-8,10-11H2,1-4H3/t13-,14+,15-,16-,17+/m0/s1. The smallest absolute Gasteiger partial charge is 0.0643 e. The van der Waals surface area contributed by atoms with Crippen LogP contribution in [0.3, 0.4) is 0 Å². The molecular formula is C17H30O2. The van der Waals surface area contributed by atoms with Gasteiger partial charge in [-0.2, -0.15) is 0 Å². The molecule has 2 heteroatoms. The quantitative estimate of drug-likeness (QED) is 0.606. The summed E-state index contributed by atoms with van der Waals surface area (Å²) in [6, 6.07) is 0. The van der Waals surface area contributed by atoms with Gasteiger partial charge < -0.3 is 9.84 Å². The molecule has 0 spiro atoms. The number of unbranched alkanes of at least 4 members (excludes halogenated alkanes) is 2.